The van der Waals surface area contributed by atoms with Crippen molar-refractivity contribution in [2.45, 2.75) is 33.1 Å². The molecule has 0 aliphatic heterocycles. The van der Waals surface area contributed by atoms with Crippen molar-refractivity contribution in [3.8, 4) is 0 Å². The second-order valence-corrected chi connectivity index (χ2v) is 3.42. The van der Waals surface area contributed by atoms with Crippen LogP contribution in [0, 0.1) is 0 Å². The number of carboxylic acid groups (broad SMARTS) is 1. The number of aromatic nitrogens is 1. The molecule has 0 aliphatic rings. The zero-order valence-electron chi connectivity index (χ0n) is 8.96. The number of hydrogen-bond acceptors (Lipinski definition) is 2. The van der Waals surface area contributed by atoms with Crippen molar-refractivity contribution in [3.63, 3.8) is 0 Å². The molecular formula is C11H15NO3. The molecule has 0 fully saturated rings. The minimum absolute atomic E-state index is 0.174. The van der Waals surface area contributed by atoms with Crippen LogP contribution < -0.4 is 5.56 Å². The first-order chi connectivity index (χ1) is 7.10. The van der Waals surface area contributed by atoms with Crippen LogP contribution in [-0.4, -0.2) is 16.1 Å². The minimum Gasteiger partial charge on any atom is -0.477 e. The minimum atomic E-state index is -1.17. The molecule has 0 spiro atoms. The van der Waals surface area contributed by atoms with Gasteiger partial charge in [-0.05, 0) is 24.5 Å². The van der Waals surface area contributed by atoms with E-state index in [-0.39, 0.29) is 5.56 Å². The van der Waals surface area contributed by atoms with Crippen LogP contribution in [0.25, 0.3) is 0 Å². The first kappa shape index (κ1) is 11.5. The van der Waals surface area contributed by atoms with Gasteiger partial charge in [-0.2, -0.15) is 0 Å². The summed E-state index contributed by atoms with van der Waals surface area (Å²) in [5, 5.41) is 8.79. The molecule has 0 radical (unpaired) electrons. The average molecular weight is 209 g/mol. The number of aromatic amines is 1. The molecule has 4 heteroatoms. The van der Waals surface area contributed by atoms with Gasteiger partial charge in [0.1, 0.15) is 5.56 Å². The molecule has 1 rings (SSSR count). The van der Waals surface area contributed by atoms with Gasteiger partial charge >= 0.3 is 5.97 Å². The highest BCUT2D eigenvalue weighted by Crippen LogP contribution is 2.09. The van der Waals surface area contributed by atoms with Crippen LogP contribution >= 0.6 is 0 Å². The van der Waals surface area contributed by atoms with Crippen LogP contribution in [0.1, 0.15) is 41.9 Å². The standard InChI is InChI=1S/C11H15NO3/c1-3-5-9-7(4-2)6-8(11(14)15)10(13)12-9/h6H,3-5H2,1-2H3,(H,12,13)(H,14,15). The maximum atomic E-state index is 11.4. The quantitative estimate of drug-likeness (QED) is 0.791. The molecule has 0 amide bonds. The van der Waals surface area contributed by atoms with E-state index in [2.05, 4.69) is 4.98 Å². The van der Waals surface area contributed by atoms with Gasteiger partial charge in [0.15, 0.2) is 0 Å². The third-order valence-corrected chi connectivity index (χ3v) is 2.33. The predicted molar refractivity (Wildman–Crippen MR) is 57.4 cm³/mol. The lowest BCUT2D eigenvalue weighted by Crippen LogP contribution is -2.20. The predicted octanol–water partition coefficient (Wildman–Crippen LogP) is 1.59. The fraction of sp³-hybridized carbons (Fsp3) is 0.455. The Morgan fingerprint density at radius 1 is 1.47 bits per heavy atom. The lowest BCUT2D eigenvalue weighted by Gasteiger charge is -2.07. The van der Waals surface area contributed by atoms with Crippen LogP contribution in [-0.2, 0) is 12.8 Å². The number of pyridine rings is 1. The summed E-state index contributed by atoms with van der Waals surface area (Å²) >= 11 is 0. The Hall–Kier alpha value is -1.58. The number of carbonyl (C=O) groups is 1. The van der Waals surface area contributed by atoms with E-state index >= 15 is 0 Å². The number of carboxylic acids is 1. The van der Waals surface area contributed by atoms with Crippen LogP contribution in [0.4, 0.5) is 0 Å². The Morgan fingerprint density at radius 3 is 2.60 bits per heavy atom. The van der Waals surface area contributed by atoms with Gasteiger partial charge in [-0.1, -0.05) is 20.3 Å². The molecule has 15 heavy (non-hydrogen) atoms. The molecule has 0 saturated carbocycles. The van der Waals surface area contributed by atoms with Crippen molar-refractivity contribution in [3.05, 3.63) is 33.2 Å². The van der Waals surface area contributed by atoms with E-state index in [1.54, 1.807) is 0 Å². The molecular weight excluding hydrogens is 194 g/mol. The second kappa shape index (κ2) is 4.77. The van der Waals surface area contributed by atoms with E-state index in [0.29, 0.717) is 0 Å². The van der Waals surface area contributed by atoms with Crippen LogP contribution in [0.2, 0.25) is 0 Å². The van der Waals surface area contributed by atoms with Crippen LogP contribution in [0.5, 0.6) is 0 Å². The van der Waals surface area contributed by atoms with Crippen molar-refractivity contribution >= 4 is 5.97 Å². The van der Waals surface area contributed by atoms with Crippen molar-refractivity contribution in [2.75, 3.05) is 0 Å². The third-order valence-electron chi connectivity index (χ3n) is 2.33. The topological polar surface area (TPSA) is 70.2 Å². The van der Waals surface area contributed by atoms with Crippen LogP contribution in [0.3, 0.4) is 0 Å². The summed E-state index contributed by atoms with van der Waals surface area (Å²) in [6.07, 6.45) is 2.43. The van der Waals surface area contributed by atoms with Gasteiger partial charge in [-0.3, -0.25) is 4.79 Å². The highest BCUT2D eigenvalue weighted by molar-refractivity contribution is 5.87. The molecule has 0 unspecified atom stereocenters. The molecule has 1 aromatic heterocycles. The zero-order valence-corrected chi connectivity index (χ0v) is 8.96. The SMILES string of the molecule is CCCc1[nH]c(=O)c(C(=O)O)cc1CC. The van der Waals surface area contributed by atoms with Crippen molar-refractivity contribution in [1.82, 2.24) is 4.98 Å². The Kier molecular flexibility index (Phi) is 3.66. The zero-order chi connectivity index (χ0) is 11.4. The van der Waals surface area contributed by atoms with Gasteiger partial charge in [-0.25, -0.2) is 4.79 Å². The number of aromatic carboxylic acids is 1. The fourth-order valence-electron chi connectivity index (χ4n) is 1.56. The Balaban J connectivity index is 3.29. The summed E-state index contributed by atoms with van der Waals surface area (Å²) in [6, 6.07) is 1.48. The molecule has 1 aromatic rings. The van der Waals surface area contributed by atoms with Gasteiger partial charge in [0.05, 0.1) is 0 Å². The summed E-state index contributed by atoms with van der Waals surface area (Å²) in [6.45, 7) is 3.96. The van der Waals surface area contributed by atoms with Crippen molar-refractivity contribution in [2.24, 2.45) is 0 Å². The van der Waals surface area contributed by atoms with Gasteiger partial charge in [0.25, 0.3) is 5.56 Å². The molecule has 0 aliphatic carbocycles. The van der Waals surface area contributed by atoms with Gasteiger partial charge in [0.2, 0.25) is 0 Å². The summed E-state index contributed by atoms with van der Waals surface area (Å²) in [5.41, 5.74) is 1.08. The normalized spacial score (nSPS) is 10.3. The molecule has 4 nitrogen and oxygen atoms in total. The number of H-pyrrole nitrogens is 1. The van der Waals surface area contributed by atoms with Crippen LogP contribution in [0.15, 0.2) is 10.9 Å². The molecule has 82 valence electrons. The van der Waals surface area contributed by atoms with E-state index < -0.39 is 11.5 Å². The number of hydrogen-bond donors (Lipinski definition) is 2. The van der Waals surface area contributed by atoms with E-state index in [1.807, 2.05) is 13.8 Å². The second-order valence-electron chi connectivity index (χ2n) is 3.42. The molecule has 0 aromatic carbocycles. The maximum Gasteiger partial charge on any atom is 0.341 e. The Labute approximate surface area is 88.0 Å². The van der Waals surface area contributed by atoms with Crippen molar-refractivity contribution < 1.29 is 9.90 Å². The van der Waals surface area contributed by atoms with Crippen molar-refractivity contribution in [1.29, 1.82) is 0 Å². The maximum absolute atomic E-state index is 11.4. The average Bonchev–Trinajstić information content (AvgIpc) is 2.18. The smallest absolute Gasteiger partial charge is 0.341 e. The number of rotatable bonds is 4. The van der Waals surface area contributed by atoms with E-state index in [9.17, 15) is 9.59 Å². The Morgan fingerprint density at radius 2 is 2.13 bits per heavy atom. The lowest BCUT2D eigenvalue weighted by molar-refractivity contribution is 0.0695. The first-order valence-corrected chi connectivity index (χ1v) is 5.08. The van der Waals surface area contributed by atoms with E-state index in [4.69, 9.17) is 5.11 Å². The highest BCUT2D eigenvalue weighted by Gasteiger charge is 2.12. The Bertz CT molecular complexity index is 420. The fourth-order valence-corrected chi connectivity index (χ4v) is 1.56. The molecule has 1 heterocycles. The third kappa shape index (κ3) is 2.46. The molecule has 2 N–H and O–H groups in total. The first-order valence-electron chi connectivity index (χ1n) is 5.08. The van der Waals surface area contributed by atoms with Gasteiger partial charge in [0, 0.05) is 5.69 Å². The largest absolute Gasteiger partial charge is 0.477 e. The lowest BCUT2D eigenvalue weighted by atomic mass is 10.1. The molecule has 0 bridgehead atoms. The number of nitrogens with one attached hydrogen (secondary N) is 1. The molecule has 0 atom stereocenters. The summed E-state index contributed by atoms with van der Waals surface area (Å²) in [7, 11) is 0. The highest BCUT2D eigenvalue weighted by atomic mass is 16.4. The van der Waals surface area contributed by atoms with E-state index in [1.165, 1.54) is 6.07 Å². The number of aryl methyl sites for hydroxylation is 2. The van der Waals surface area contributed by atoms with Gasteiger partial charge < -0.3 is 10.1 Å². The monoisotopic (exact) mass is 209 g/mol. The molecule has 0 saturated heterocycles. The summed E-state index contributed by atoms with van der Waals surface area (Å²) in [4.78, 5) is 24.8. The van der Waals surface area contributed by atoms with E-state index in [0.717, 1.165) is 30.5 Å². The van der Waals surface area contributed by atoms with Gasteiger partial charge in [-0.15, -0.1) is 0 Å². The summed E-state index contributed by atoms with van der Waals surface area (Å²) in [5.74, 6) is -1.17. The summed E-state index contributed by atoms with van der Waals surface area (Å²) < 4.78 is 0.